The van der Waals surface area contributed by atoms with Crippen LogP contribution >= 0.6 is 0 Å². The van der Waals surface area contributed by atoms with Crippen LogP contribution < -0.4 is 11.1 Å². The van der Waals surface area contributed by atoms with Gasteiger partial charge in [-0.25, -0.2) is 0 Å². The van der Waals surface area contributed by atoms with Gasteiger partial charge in [-0.05, 0) is 69.2 Å². The van der Waals surface area contributed by atoms with E-state index in [-0.39, 0.29) is 29.0 Å². The fourth-order valence-electron chi connectivity index (χ4n) is 5.20. The molecule has 1 heterocycles. The monoisotopic (exact) mass is 499 g/mol. The molecule has 1 aliphatic heterocycles. The Labute approximate surface area is 203 Å². The van der Waals surface area contributed by atoms with E-state index >= 15 is 0 Å². The molecule has 2 aliphatic rings. The predicted octanol–water partition coefficient (Wildman–Crippen LogP) is 3.54. The lowest BCUT2D eigenvalue weighted by atomic mass is 9.88. The first-order chi connectivity index (χ1) is 16.4. The zero-order valence-corrected chi connectivity index (χ0v) is 20.2. The molecule has 11 heteroatoms. The summed E-state index contributed by atoms with van der Waals surface area (Å²) in [6.07, 6.45) is -0.574. The van der Waals surface area contributed by atoms with Crippen LogP contribution in [-0.4, -0.2) is 69.6 Å². The Morgan fingerprint density at radius 3 is 2.26 bits per heavy atom. The van der Waals surface area contributed by atoms with E-state index in [9.17, 15) is 28.2 Å². The zero-order valence-electron chi connectivity index (χ0n) is 20.2. The summed E-state index contributed by atoms with van der Waals surface area (Å²) in [6.45, 7) is 4.25. The number of aromatic hydroxyl groups is 2. The third kappa shape index (κ3) is 6.58. The third-order valence-corrected chi connectivity index (χ3v) is 7.06. The number of amides is 1. The fourth-order valence-corrected chi connectivity index (χ4v) is 5.20. The van der Waals surface area contributed by atoms with Gasteiger partial charge in [0.05, 0.1) is 0 Å². The molecule has 6 N–H and O–H groups in total. The average Bonchev–Trinajstić information content (AvgIpc) is 3.32. The summed E-state index contributed by atoms with van der Waals surface area (Å²) in [6, 6.07) is 2.74. The summed E-state index contributed by atoms with van der Waals surface area (Å²) in [5.74, 6) is -2.37. The highest BCUT2D eigenvalue weighted by atomic mass is 19.4. The lowest BCUT2D eigenvalue weighted by Crippen LogP contribution is -2.54. The number of carbonyl (C=O) groups excluding carboxylic acids is 1. The van der Waals surface area contributed by atoms with Crippen molar-refractivity contribution in [3.05, 3.63) is 23.3 Å². The number of nitrogens with two attached hydrogens (primary N) is 1. The number of carbonyl (C=O) groups is 1. The summed E-state index contributed by atoms with van der Waals surface area (Å²) < 4.78 is 38.0. The van der Waals surface area contributed by atoms with Gasteiger partial charge in [-0.2, -0.15) is 13.2 Å². The average molecular weight is 500 g/mol. The second kappa shape index (κ2) is 11.0. The molecule has 1 aromatic rings. The van der Waals surface area contributed by atoms with Crippen LogP contribution in [0, 0.1) is 5.41 Å². The van der Waals surface area contributed by atoms with Crippen LogP contribution in [0.15, 0.2) is 12.1 Å². The molecule has 196 valence electrons. The van der Waals surface area contributed by atoms with Crippen molar-refractivity contribution in [1.29, 1.82) is 5.41 Å². The van der Waals surface area contributed by atoms with Gasteiger partial charge in [0.1, 0.15) is 24.2 Å². The SMILES string of the molecule is CC(C)c1cc(C(N)N(C(=N)C(=O)NCC(F)(F)F)C2CCC(N3CCCC3)CC2)c(O)cc1O. The molecule has 1 saturated carbocycles. The van der Waals surface area contributed by atoms with E-state index in [4.69, 9.17) is 11.1 Å². The minimum atomic E-state index is -4.61. The quantitative estimate of drug-likeness (QED) is 0.232. The molecular weight excluding hydrogens is 463 g/mol. The van der Waals surface area contributed by atoms with Crippen LogP contribution in [0.1, 0.15) is 75.6 Å². The Kier molecular flexibility index (Phi) is 8.53. The van der Waals surface area contributed by atoms with Gasteiger partial charge in [-0.3, -0.25) is 10.2 Å². The normalized spacial score (nSPS) is 22.3. The molecule has 1 atom stereocenters. The Morgan fingerprint density at radius 1 is 1.14 bits per heavy atom. The van der Waals surface area contributed by atoms with E-state index in [2.05, 4.69) is 4.90 Å². The number of nitrogens with zero attached hydrogens (tertiary/aromatic N) is 2. The van der Waals surface area contributed by atoms with E-state index in [1.807, 2.05) is 13.8 Å². The second-order valence-electron chi connectivity index (χ2n) is 9.83. The summed E-state index contributed by atoms with van der Waals surface area (Å²) in [5.41, 5.74) is 7.22. The molecule has 1 unspecified atom stereocenters. The van der Waals surface area contributed by atoms with Gasteiger partial charge < -0.3 is 31.1 Å². The van der Waals surface area contributed by atoms with Crippen molar-refractivity contribution in [2.75, 3.05) is 19.6 Å². The summed E-state index contributed by atoms with van der Waals surface area (Å²) in [5, 5.41) is 31.0. The van der Waals surface area contributed by atoms with Crippen LogP contribution in [0.25, 0.3) is 0 Å². The molecule has 0 spiro atoms. The number of amidine groups is 1. The topological polar surface area (TPSA) is 126 Å². The van der Waals surface area contributed by atoms with Crippen molar-refractivity contribution in [3.63, 3.8) is 0 Å². The molecule has 2 fully saturated rings. The summed E-state index contributed by atoms with van der Waals surface area (Å²) in [4.78, 5) is 16.3. The van der Waals surface area contributed by atoms with Gasteiger partial charge in [0.15, 0.2) is 5.84 Å². The number of likely N-dealkylation sites (tertiary alicyclic amines) is 1. The number of nitrogens with one attached hydrogen (secondary N) is 2. The fraction of sp³-hybridized carbons (Fsp3) is 0.667. The lowest BCUT2D eigenvalue weighted by molar-refractivity contribution is -0.135. The largest absolute Gasteiger partial charge is 0.508 e. The molecule has 0 bridgehead atoms. The number of phenolic OH excluding ortho intramolecular Hbond substituents is 2. The van der Waals surface area contributed by atoms with E-state index in [1.54, 1.807) is 5.32 Å². The second-order valence-corrected chi connectivity index (χ2v) is 9.83. The maximum atomic E-state index is 12.7. The Morgan fingerprint density at radius 2 is 1.71 bits per heavy atom. The summed E-state index contributed by atoms with van der Waals surface area (Å²) in [7, 11) is 0. The standard InChI is InChI=1S/C24H36F3N5O3/c1-14(2)17-11-18(20(34)12-19(17)33)21(28)32(22(29)23(35)30-13-24(25,26)27)16-7-5-15(6-8-16)31-9-3-4-10-31/h11-12,14-16,21,29,33-34H,3-10,13,28H2,1-2H3,(H,30,35). The number of rotatable bonds is 6. The third-order valence-electron chi connectivity index (χ3n) is 7.06. The predicted molar refractivity (Wildman–Crippen MR) is 126 cm³/mol. The minimum Gasteiger partial charge on any atom is -0.508 e. The molecule has 8 nitrogen and oxygen atoms in total. The molecular formula is C24H36F3N5O3. The van der Waals surface area contributed by atoms with Crippen LogP contribution in [-0.2, 0) is 4.79 Å². The van der Waals surface area contributed by atoms with E-state index in [1.165, 1.54) is 29.9 Å². The first kappa shape index (κ1) is 27.1. The minimum absolute atomic E-state index is 0.0968. The van der Waals surface area contributed by atoms with Crippen LogP contribution in [0.4, 0.5) is 13.2 Å². The molecule has 0 radical (unpaired) electrons. The van der Waals surface area contributed by atoms with Crippen molar-refractivity contribution in [1.82, 2.24) is 15.1 Å². The summed E-state index contributed by atoms with van der Waals surface area (Å²) >= 11 is 0. The molecule has 1 aliphatic carbocycles. The first-order valence-electron chi connectivity index (χ1n) is 12.2. The van der Waals surface area contributed by atoms with E-state index < -0.39 is 30.6 Å². The highest BCUT2D eigenvalue weighted by Crippen LogP contribution is 2.38. The van der Waals surface area contributed by atoms with Gasteiger partial charge in [0.25, 0.3) is 5.91 Å². The van der Waals surface area contributed by atoms with Crippen LogP contribution in [0.2, 0.25) is 0 Å². The molecule has 1 aromatic carbocycles. The maximum absolute atomic E-state index is 12.7. The molecule has 3 rings (SSSR count). The van der Waals surface area contributed by atoms with E-state index in [0.717, 1.165) is 25.9 Å². The van der Waals surface area contributed by atoms with E-state index in [0.29, 0.717) is 24.4 Å². The van der Waals surface area contributed by atoms with Gasteiger partial charge in [-0.15, -0.1) is 0 Å². The smallest absolute Gasteiger partial charge is 0.405 e. The lowest BCUT2D eigenvalue weighted by Gasteiger charge is -2.43. The van der Waals surface area contributed by atoms with Crippen LogP contribution in [0.5, 0.6) is 11.5 Å². The van der Waals surface area contributed by atoms with Crippen molar-refractivity contribution in [3.8, 4) is 11.5 Å². The zero-order chi connectivity index (χ0) is 25.9. The number of halogens is 3. The molecule has 1 saturated heterocycles. The van der Waals surface area contributed by atoms with Gasteiger partial charge in [0.2, 0.25) is 0 Å². The van der Waals surface area contributed by atoms with Crippen molar-refractivity contribution in [2.45, 2.75) is 82.7 Å². The van der Waals surface area contributed by atoms with Gasteiger partial charge >= 0.3 is 6.18 Å². The Hall–Kier alpha value is -2.53. The number of hydrogen-bond acceptors (Lipinski definition) is 6. The molecule has 1 amide bonds. The Balaban J connectivity index is 1.87. The van der Waals surface area contributed by atoms with Gasteiger partial charge in [-0.1, -0.05) is 13.8 Å². The number of alkyl halides is 3. The number of hydrogen-bond donors (Lipinski definition) is 5. The highest BCUT2D eigenvalue weighted by Gasteiger charge is 2.37. The highest BCUT2D eigenvalue weighted by molar-refractivity contribution is 6.36. The first-order valence-corrected chi connectivity index (χ1v) is 12.2. The molecule has 35 heavy (non-hydrogen) atoms. The molecule has 0 aromatic heterocycles. The van der Waals surface area contributed by atoms with Gasteiger partial charge in [0, 0.05) is 23.7 Å². The maximum Gasteiger partial charge on any atom is 0.405 e. The number of benzene rings is 1. The van der Waals surface area contributed by atoms with Crippen LogP contribution in [0.3, 0.4) is 0 Å². The van der Waals surface area contributed by atoms with Crippen molar-refractivity contribution in [2.24, 2.45) is 5.73 Å². The van der Waals surface area contributed by atoms with Crippen molar-refractivity contribution >= 4 is 11.7 Å². The Bertz CT molecular complexity index is 910. The van der Waals surface area contributed by atoms with Crippen molar-refractivity contribution < 1.29 is 28.2 Å². The number of phenols is 2.